The summed E-state index contributed by atoms with van der Waals surface area (Å²) in [6.45, 7) is 3.64. The first kappa shape index (κ1) is 16.7. The number of carbonyl (C=O) groups excluding carboxylic acids is 1. The molecule has 0 saturated heterocycles. The molecule has 1 amide bonds. The Morgan fingerprint density at radius 2 is 2.17 bits per heavy atom. The number of carbonyl (C=O) groups is 1. The van der Waals surface area contributed by atoms with E-state index in [2.05, 4.69) is 23.3 Å². The van der Waals surface area contributed by atoms with Gasteiger partial charge in [-0.1, -0.05) is 19.1 Å². The monoisotopic (exact) mass is 343 g/mol. The van der Waals surface area contributed by atoms with Gasteiger partial charge in [-0.15, -0.1) is 11.3 Å². The van der Waals surface area contributed by atoms with Crippen molar-refractivity contribution in [1.82, 2.24) is 15.2 Å². The molecule has 1 unspecified atom stereocenters. The van der Waals surface area contributed by atoms with Gasteiger partial charge in [0.25, 0.3) is 0 Å². The molecule has 0 aliphatic carbocycles. The Bertz CT molecular complexity index is 765. The number of fused-ring (bicyclic) bond motifs is 1. The first-order valence-corrected chi connectivity index (χ1v) is 8.76. The standard InChI is InChI=1S/C18H21N3O2S/c1-13(18-20-15-7-3-4-8-16(15)24-18)10-19-17(22)12-21(2)11-14-6-5-9-23-14/h3-9,13H,10-12H2,1-2H3,(H,19,22). The van der Waals surface area contributed by atoms with E-state index in [4.69, 9.17) is 4.42 Å². The molecule has 0 radical (unpaired) electrons. The summed E-state index contributed by atoms with van der Waals surface area (Å²) in [6, 6.07) is 11.9. The predicted octanol–water partition coefficient (Wildman–Crippen LogP) is 3.24. The fourth-order valence-corrected chi connectivity index (χ4v) is 3.50. The Balaban J connectivity index is 1.48. The van der Waals surface area contributed by atoms with Gasteiger partial charge in [-0.3, -0.25) is 9.69 Å². The van der Waals surface area contributed by atoms with Crippen molar-refractivity contribution in [2.24, 2.45) is 0 Å². The molecule has 0 saturated carbocycles. The van der Waals surface area contributed by atoms with E-state index in [1.807, 2.05) is 42.3 Å². The van der Waals surface area contributed by atoms with Crippen LogP contribution in [0.4, 0.5) is 0 Å². The quantitative estimate of drug-likeness (QED) is 0.715. The first-order valence-electron chi connectivity index (χ1n) is 7.95. The van der Waals surface area contributed by atoms with Crippen LogP contribution in [0, 0.1) is 0 Å². The normalized spacial score (nSPS) is 12.6. The smallest absolute Gasteiger partial charge is 0.234 e. The molecule has 126 valence electrons. The van der Waals surface area contributed by atoms with Gasteiger partial charge in [0.05, 0.1) is 34.6 Å². The zero-order valence-electron chi connectivity index (χ0n) is 13.9. The molecular formula is C18H21N3O2S. The number of nitrogens with zero attached hydrogens (tertiary/aromatic N) is 2. The molecule has 2 heterocycles. The number of hydrogen-bond donors (Lipinski definition) is 1. The third-order valence-corrected chi connectivity index (χ3v) is 5.02. The molecule has 0 aliphatic rings. The van der Waals surface area contributed by atoms with Crippen LogP contribution in [-0.4, -0.2) is 35.9 Å². The van der Waals surface area contributed by atoms with Crippen LogP contribution < -0.4 is 5.32 Å². The Labute approximate surface area is 145 Å². The summed E-state index contributed by atoms with van der Waals surface area (Å²) in [5, 5.41) is 4.05. The molecule has 5 nitrogen and oxygen atoms in total. The molecule has 1 N–H and O–H groups in total. The largest absolute Gasteiger partial charge is 0.468 e. The number of thiazole rings is 1. The maximum absolute atomic E-state index is 12.1. The minimum absolute atomic E-state index is 0.0111. The molecule has 3 rings (SSSR count). The summed E-state index contributed by atoms with van der Waals surface area (Å²) >= 11 is 1.69. The molecule has 0 aliphatic heterocycles. The van der Waals surface area contributed by atoms with Crippen molar-refractivity contribution in [2.45, 2.75) is 19.4 Å². The SMILES string of the molecule is CC(CNC(=O)CN(C)Cc1ccco1)c1nc2ccccc2s1. The molecular weight excluding hydrogens is 322 g/mol. The van der Waals surface area contributed by atoms with Crippen LogP contribution in [0.5, 0.6) is 0 Å². The third-order valence-electron chi connectivity index (χ3n) is 3.76. The van der Waals surface area contributed by atoms with E-state index in [1.165, 1.54) is 4.70 Å². The van der Waals surface area contributed by atoms with Gasteiger partial charge in [0.15, 0.2) is 0 Å². The van der Waals surface area contributed by atoms with E-state index in [0.717, 1.165) is 16.3 Å². The van der Waals surface area contributed by atoms with Gasteiger partial charge >= 0.3 is 0 Å². The van der Waals surface area contributed by atoms with Crippen molar-refractivity contribution < 1.29 is 9.21 Å². The number of aromatic nitrogens is 1. The third kappa shape index (κ3) is 4.21. The van der Waals surface area contributed by atoms with Gasteiger partial charge in [-0.05, 0) is 31.3 Å². The highest BCUT2D eigenvalue weighted by Crippen LogP contribution is 2.26. The average molecular weight is 343 g/mol. The first-order chi connectivity index (χ1) is 11.6. The van der Waals surface area contributed by atoms with Gasteiger partial charge in [0.2, 0.25) is 5.91 Å². The number of benzene rings is 1. The van der Waals surface area contributed by atoms with Crippen LogP contribution in [0.15, 0.2) is 47.1 Å². The Hall–Kier alpha value is -2.18. The molecule has 2 aromatic heterocycles. The molecule has 0 spiro atoms. The number of hydrogen-bond acceptors (Lipinski definition) is 5. The summed E-state index contributed by atoms with van der Waals surface area (Å²) in [5.74, 6) is 1.06. The van der Waals surface area contributed by atoms with Gasteiger partial charge in [-0.25, -0.2) is 4.98 Å². The zero-order chi connectivity index (χ0) is 16.9. The van der Waals surface area contributed by atoms with Crippen molar-refractivity contribution in [3.05, 3.63) is 53.4 Å². The molecule has 1 atom stereocenters. The molecule has 6 heteroatoms. The predicted molar refractivity (Wildman–Crippen MR) is 96.1 cm³/mol. The highest BCUT2D eigenvalue weighted by atomic mass is 32.1. The Morgan fingerprint density at radius 1 is 1.33 bits per heavy atom. The van der Waals surface area contributed by atoms with E-state index in [0.29, 0.717) is 19.6 Å². The molecule has 0 bridgehead atoms. The second-order valence-corrected chi connectivity index (χ2v) is 7.04. The summed E-state index contributed by atoms with van der Waals surface area (Å²) in [6.07, 6.45) is 1.64. The summed E-state index contributed by atoms with van der Waals surface area (Å²) in [4.78, 5) is 18.7. The second kappa shape index (κ2) is 7.59. The maximum Gasteiger partial charge on any atom is 0.234 e. The molecule has 24 heavy (non-hydrogen) atoms. The van der Waals surface area contributed by atoms with Crippen LogP contribution in [0.25, 0.3) is 10.2 Å². The Kier molecular flexibility index (Phi) is 5.27. The summed E-state index contributed by atoms with van der Waals surface area (Å²) in [5.41, 5.74) is 1.02. The number of likely N-dealkylation sites (N-methyl/N-ethyl adjacent to an activating group) is 1. The van der Waals surface area contributed by atoms with Crippen molar-refractivity contribution in [3.63, 3.8) is 0 Å². The van der Waals surface area contributed by atoms with Crippen molar-refractivity contribution in [1.29, 1.82) is 0 Å². The number of amides is 1. The summed E-state index contributed by atoms with van der Waals surface area (Å²) in [7, 11) is 1.90. The molecule has 3 aromatic rings. The van der Waals surface area contributed by atoms with E-state index in [-0.39, 0.29) is 11.8 Å². The van der Waals surface area contributed by atoms with E-state index < -0.39 is 0 Å². The lowest BCUT2D eigenvalue weighted by atomic mass is 10.2. The van der Waals surface area contributed by atoms with Crippen LogP contribution in [-0.2, 0) is 11.3 Å². The highest BCUT2D eigenvalue weighted by Gasteiger charge is 2.14. The van der Waals surface area contributed by atoms with Crippen molar-refractivity contribution >= 4 is 27.5 Å². The lowest BCUT2D eigenvalue weighted by Gasteiger charge is -2.16. The van der Waals surface area contributed by atoms with Crippen molar-refractivity contribution in [3.8, 4) is 0 Å². The lowest BCUT2D eigenvalue weighted by molar-refractivity contribution is -0.122. The van der Waals surface area contributed by atoms with E-state index >= 15 is 0 Å². The average Bonchev–Trinajstić information content (AvgIpc) is 3.21. The van der Waals surface area contributed by atoms with Crippen LogP contribution in [0.1, 0.15) is 23.6 Å². The van der Waals surface area contributed by atoms with E-state index in [1.54, 1.807) is 17.6 Å². The van der Waals surface area contributed by atoms with Gasteiger partial charge in [0.1, 0.15) is 5.76 Å². The molecule has 1 aromatic carbocycles. The number of para-hydroxylation sites is 1. The number of rotatable bonds is 7. The van der Waals surface area contributed by atoms with Crippen LogP contribution in [0.2, 0.25) is 0 Å². The number of furan rings is 1. The van der Waals surface area contributed by atoms with Gasteiger partial charge in [0, 0.05) is 12.5 Å². The van der Waals surface area contributed by atoms with E-state index in [9.17, 15) is 4.79 Å². The number of nitrogens with one attached hydrogen (secondary N) is 1. The fraction of sp³-hybridized carbons (Fsp3) is 0.333. The lowest BCUT2D eigenvalue weighted by Crippen LogP contribution is -2.36. The zero-order valence-corrected chi connectivity index (χ0v) is 14.7. The molecule has 0 fully saturated rings. The minimum Gasteiger partial charge on any atom is -0.468 e. The topological polar surface area (TPSA) is 58.4 Å². The van der Waals surface area contributed by atoms with Gasteiger partial charge in [-0.2, -0.15) is 0 Å². The Morgan fingerprint density at radius 3 is 2.92 bits per heavy atom. The highest BCUT2D eigenvalue weighted by molar-refractivity contribution is 7.18. The fourth-order valence-electron chi connectivity index (χ4n) is 2.48. The van der Waals surface area contributed by atoms with Crippen molar-refractivity contribution in [2.75, 3.05) is 20.1 Å². The van der Waals surface area contributed by atoms with Crippen LogP contribution >= 0.6 is 11.3 Å². The minimum atomic E-state index is 0.0111. The second-order valence-electron chi connectivity index (χ2n) is 5.98. The van der Waals surface area contributed by atoms with Gasteiger partial charge < -0.3 is 9.73 Å². The maximum atomic E-state index is 12.1. The summed E-state index contributed by atoms with van der Waals surface area (Å²) < 4.78 is 6.47. The van der Waals surface area contributed by atoms with Crippen LogP contribution in [0.3, 0.4) is 0 Å².